The van der Waals surface area contributed by atoms with Crippen molar-refractivity contribution in [3.05, 3.63) is 63.7 Å². The van der Waals surface area contributed by atoms with Gasteiger partial charge in [-0.3, -0.25) is 4.79 Å². The third-order valence-electron chi connectivity index (χ3n) is 3.85. The molecule has 24 heavy (non-hydrogen) atoms. The van der Waals surface area contributed by atoms with E-state index in [-0.39, 0.29) is 5.91 Å². The molecule has 4 heteroatoms. The Morgan fingerprint density at radius 3 is 2.33 bits per heavy atom. The molecule has 0 spiro atoms. The van der Waals surface area contributed by atoms with E-state index >= 15 is 0 Å². The Hall–Kier alpha value is -2.00. The third kappa shape index (κ3) is 5.00. The maximum Gasteiger partial charge on any atom is 0.251 e. The van der Waals surface area contributed by atoms with Gasteiger partial charge in [-0.15, -0.1) is 0 Å². The Balaban J connectivity index is 1.93. The lowest BCUT2D eigenvalue weighted by Gasteiger charge is -2.10. The molecule has 0 saturated heterocycles. The molecule has 1 amide bonds. The third-order valence-corrected chi connectivity index (χ3v) is 4.44. The molecule has 0 saturated carbocycles. The highest BCUT2D eigenvalue weighted by Crippen LogP contribution is 2.26. The van der Waals surface area contributed by atoms with Crippen molar-refractivity contribution in [1.29, 1.82) is 0 Å². The van der Waals surface area contributed by atoms with Gasteiger partial charge in [-0.25, -0.2) is 0 Å². The van der Waals surface area contributed by atoms with Crippen molar-refractivity contribution >= 4 is 17.5 Å². The summed E-state index contributed by atoms with van der Waals surface area (Å²) in [7, 11) is 0. The molecule has 2 aromatic rings. The Labute approximate surface area is 149 Å². The van der Waals surface area contributed by atoms with Crippen LogP contribution >= 0.6 is 11.6 Å². The van der Waals surface area contributed by atoms with Crippen molar-refractivity contribution < 1.29 is 9.53 Å². The summed E-state index contributed by atoms with van der Waals surface area (Å²) in [6.45, 7) is 7.21. The molecule has 0 aliphatic rings. The van der Waals surface area contributed by atoms with E-state index < -0.39 is 0 Å². The zero-order chi connectivity index (χ0) is 17.5. The smallest absolute Gasteiger partial charge is 0.251 e. The summed E-state index contributed by atoms with van der Waals surface area (Å²) in [4.78, 5) is 12.0. The molecule has 3 nitrogen and oxygen atoms in total. The lowest BCUT2D eigenvalue weighted by Crippen LogP contribution is -2.24. The van der Waals surface area contributed by atoms with Crippen molar-refractivity contribution in [3.8, 4) is 5.75 Å². The molecule has 1 N–H and O–H groups in total. The molecular weight excluding hydrogens is 322 g/mol. The van der Waals surface area contributed by atoms with Crippen molar-refractivity contribution in [1.82, 2.24) is 5.32 Å². The van der Waals surface area contributed by atoms with E-state index in [0.717, 1.165) is 46.8 Å². The monoisotopic (exact) mass is 345 g/mol. The molecule has 0 heterocycles. The molecule has 0 aromatic heterocycles. The SMILES string of the molecule is CCCCNC(=O)c1ccc(COc2cc(C)c(Cl)c(C)c2)cc1. The predicted molar refractivity (Wildman–Crippen MR) is 98.9 cm³/mol. The summed E-state index contributed by atoms with van der Waals surface area (Å²) in [6, 6.07) is 11.4. The highest BCUT2D eigenvalue weighted by Gasteiger charge is 2.06. The maximum atomic E-state index is 12.0. The van der Waals surface area contributed by atoms with E-state index in [4.69, 9.17) is 16.3 Å². The number of benzene rings is 2. The summed E-state index contributed by atoms with van der Waals surface area (Å²) in [6.07, 6.45) is 2.07. The molecular formula is C20H24ClNO2. The van der Waals surface area contributed by atoms with E-state index in [1.54, 1.807) is 0 Å². The molecule has 0 bridgehead atoms. The molecule has 0 aliphatic carbocycles. The van der Waals surface area contributed by atoms with Crippen molar-refractivity contribution in [2.45, 2.75) is 40.2 Å². The molecule has 0 fully saturated rings. The van der Waals surface area contributed by atoms with Gasteiger partial charge in [-0.1, -0.05) is 37.1 Å². The zero-order valence-corrected chi connectivity index (χ0v) is 15.2. The van der Waals surface area contributed by atoms with Crippen LogP contribution in [-0.4, -0.2) is 12.5 Å². The first-order valence-electron chi connectivity index (χ1n) is 8.28. The van der Waals surface area contributed by atoms with E-state index in [2.05, 4.69) is 12.2 Å². The minimum Gasteiger partial charge on any atom is -0.489 e. The highest BCUT2D eigenvalue weighted by molar-refractivity contribution is 6.32. The van der Waals surface area contributed by atoms with Crippen LogP contribution in [0.1, 0.15) is 46.8 Å². The van der Waals surface area contributed by atoms with Crippen LogP contribution in [0.25, 0.3) is 0 Å². The van der Waals surface area contributed by atoms with E-state index in [0.29, 0.717) is 12.2 Å². The molecule has 2 rings (SSSR count). The van der Waals surface area contributed by atoms with Gasteiger partial charge in [-0.05, 0) is 61.2 Å². The normalized spacial score (nSPS) is 10.5. The quantitative estimate of drug-likeness (QED) is 0.712. The van der Waals surface area contributed by atoms with Crippen LogP contribution in [0.3, 0.4) is 0 Å². The average Bonchev–Trinajstić information content (AvgIpc) is 2.58. The number of ether oxygens (including phenoxy) is 1. The van der Waals surface area contributed by atoms with Gasteiger partial charge >= 0.3 is 0 Å². The second-order valence-corrected chi connectivity index (χ2v) is 6.34. The molecule has 0 aliphatic heterocycles. The van der Waals surface area contributed by atoms with Gasteiger partial charge in [0.2, 0.25) is 0 Å². The van der Waals surface area contributed by atoms with Crippen LogP contribution in [-0.2, 0) is 6.61 Å². The Bertz CT molecular complexity index is 672. The fourth-order valence-electron chi connectivity index (χ4n) is 2.39. The number of amides is 1. The van der Waals surface area contributed by atoms with E-state index in [9.17, 15) is 4.79 Å². The first-order valence-corrected chi connectivity index (χ1v) is 8.65. The van der Waals surface area contributed by atoms with E-state index in [1.807, 2.05) is 50.2 Å². The van der Waals surface area contributed by atoms with Crippen molar-refractivity contribution in [2.24, 2.45) is 0 Å². The first kappa shape index (κ1) is 18.3. The number of hydrogen-bond donors (Lipinski definition) is 1. The highest BCUT2D eigenvalue weighted by atomic mass is 35.5. The van der Waals surface area contributed by atoms with Crippen LogP contribution in [0, 0.1) is 13.8 Å². The van der Waals surface area contributed by atoms with Gasteiger partial charge < -0.3 is 10.1 Å². The Morgan fingerprint density at radius 1 is 1.12 bits per heavy atom. The number of hydrogen-bond acceptors (Lipinski definition) is 2. The van der Waals surface area contributed by atoms with Crippen LogP contribution in [0.4, 0.5) is 0 Å². The Morgan fingerprint density at radius 2 is 1.75 bits per heavy atom. The molecule has 2 aromatic carbocycles. The number of aryl methyl sites for hydroxylation is 2. The zero-order valence-electron chi connectivity index (χ0n) is 14.5. The minimum atomic E-state index is -0.0279. The van der Waals surface area contributed by atoms with Crippen LogP contribution in [0.15, 0.2) is 36.4 Å². The molecule has 0 radical (unpaired) electrons. The molecule has 0 atom stereocenters. The maximum absolute atomic E-state index is 12.0. The standard InChI is InChI=1S/C20H24ClNO2/c1-4-5-10-22-20(23)17-8-6-16(7-9-17)13-24-18-11-14(2)19(21)15(3)12-18/h6-9,11-12H,4-5,10,13H2,1-3H3,(H,22,23). The van der Waals surface area contributed by atoms with Gasteiger partial charge in [-0.2, -0.15) is 0 Å². The average molecular weight is 346 g/mol. The Kier molecular flexibility index (Phi) is 6.68. The van der Waals surface area contributed by atoms with Gasteiger partial charge in [0.25, 0.3) is 5.91 Å². The largest absolute Gasteiger partial charge is 0.489 e. The summed E-state index contributed by atoms with van der Waals surface area (Å²) in [5, 5.41) is 3.69. The molecule has 128 valence electrons. The fourth-order valence-corrected chi connectivity index (χ4v) is 2.50. The second kappa shape index (κ2) is 8.74. The topological polar surface area (TPSA) is 38.3 Å². The molecule has 0 unspecified atom stereocenters. The number of carbonyl (C=O) groups excluding carboxylic acids is 1. The lowest BCUT2D eigenvalue weighted by molar-refractivity contribution is 0.0953. The van der Waals surface area contributed by atoms with Gasteiger partial charge in [0.05, 0.1) is 0 Å². The second-order valence-electron chi connectivity index (χ2n) is 5.97. The number of halogens is 1. The van der Waals surface area contributed by atoms with Gasteiger partial charge in [0.15, 0.2) is 0 Å². The number of carbonyl (C=O) groups is 1. The number of unbranched alkanes of at least 4 members (excludes halogenated alkanes) is 1. The van der Waals surface area contributed by atoms with Gasteiger partial charge in [0, 0.05) is 17.1 Å². The number of nitrogens with one attached hydrogen (secondary N) is 1. The summed E-state index contributed by atoms with van der Waals surface area (Å²) in [5.41, 5.74) is 3.70. The summed E-state index contributed by atoms with van der Waals surface area (Å²) < 4.78 is 5.83. The van der Waals surface area contributed by atoms with Crippen LogP contribution < -0.4 is 10.1 Å². The summed E-state index contributed by atoms with van der Waals surface area (Å²) in [5.74, 6) is 0.774. The fraction of sp³-hybridized carbons (Fsp3) is 0.350. The predicted octanol–water partition coefficient (Wildman–Crippen LogP) is 5.07. The van der Waals surface area contributed by atoms with Gasteiger partial charge in [0.1, 0.15) is 12.4 Å². The lowest BCUT2D eigenvalue weighted by atomic mass is 10.1. The van der Waals surface area contributed by atoms with Crippen molar-refractivity contribution in [2.75, 3.05) is 6.54 Å². The van der Waals surface area contributed by atoms with Crippen molar-refractivity contribution in [3.63, 3.8) is 0 Å². The van der Waals surface area contributed by atoms with E-state index in [1.165, 1.54) is 0 Å². The van der Waals surface area contributed by atoms with Crippen LogP contribution in [0.2, 0.25) is 5.02 Å². The number of rotatable bonds is 7. The van der Waals surface area contributed by atoms with Crippen LogP contribution in [0.5, 0.6) is 5.75 Å². The minimum absolute atomic E-state index is 0.0279. The summed E-state index contributed by atoms with van der Waals surface area (Å²) >= 11 is 6.17. The first-order chi connectivity index (χ1) is 11.5.